The van der Waals surface area contributed by atoms with Crippen LogP contribution in [0.15, 0.2) is 42.5 Å². The molecular formula is C17H15NO2. The SMILES string of the molecule is Cc1ccc2c(c1)C1(CO2)C(=O)N(C)c2ccccc21. The zero-order valence-corrected chi connectivity index (χ0v) is 11.5. The van der Waals surface area contributed by atoms with Gasteiger partial charge in [-0.2, -0.15) is 0 Å². The summed E-state index contributed by atoms with van der Waals surface area (Å²) in [6, 6.07) is 14.1. The Labute approximate surface area is 117 Å². The Kier molecular flexibility index (Phi) is 2.09. The Balaban J connectivity index is 2.05. The molecule has 0 saturated carbocycles. The second-order valence-corrected chi connectivity index (χ2v) is 5.57. The number of hydrogen-bond donors (Lipinski definition) is 0. The Bertz CT molecular complexity index is 738. The van der Waals surface area contributed by atoms with Gasteiger partial charge in [0.15, 0.2) is 0 Å². The number of aryl methyl sites for hydroxylation is 1. The lowest BCUT2D eigenvalue weighted by molar-refractivity contribution is -0.121. The lowest BCUT2D eigenvalue weighted by atomic mass is 9.77. The zero-order valence-electron chi connectivity index (χ0n) is 11.5. The quantitative estimate of drug-likeness (QED) is 0.733. The average Bonchev–Trinajstić information content (AvgIpc) is 2.94. The molecule has 4 rings (SSSR count). The maximum Gasteiger partial charge on any atom is 0.245 e. The van der Waals surface area contributed by atoms with Crippen molar-refractivity contribution in [1.82, 2.24) is 0 Å². The third kappa shape index (κ3) is 1.18. The van der Waals surface area contributed by atoms with E-state index in [4.69, 9.17) is 4.74 Å². The molecule has 20 heavy (non-hydrogen) atoms. The minimum Gasteiger partial charge on any atom is -0.491 e. The van der Waals surface area contributed by atoms with Gasteiger partial charge >= 0.3 is 0 Å². The smallest absolute Gasteiger partial charge is 0.245 e. The van der Waals surface area contributed by atoms with E-state index in [0.29, 0.717) is 6.61 Å². The first-order valence-corrected chi connectivity index (χ1v) is 6.76. The molecule has 0 N–H and O–H groups in total. The minimum atomic E-state index is -0.660. The minimum absolute atomic E-state index is 0.100. The molecule has 0 fully saturated rings. The van der Waals surface area contributed by atoms with Gasteiger partial charge in [-0.25, -0.2) is 0 Å². The number of para-hydroxylation sites is 1. The van der Waals surface area contributed by atoms with Gasteiger partial charge in [0.25, 0.3) is 0 Å². The molecule has 1 amide bonds. The predicted molar refractivity (Wildman–Crippen MR) is 77.3 cm³/mol. The first kappa shape index (κ1) is 11.5. The molecule has 100 valence electrons. The topological polar surface area (TPSA) is 29.5 Å². The second kappa shape index (κ2) is 3.63. The van der Waals surface area contributed by atoms with Crippen LogP contribution in [0.2, 0.25) is 0 Å². The summed E-state index contributed by atoms with van der Waals surface area (Å²) < 4.78 is 5.82. The summed E-state index contributed by atoms with van der Waals surface area (Å²) in [5, 5.41) is 0. The molecule has 0 aliphatic carbocycles. The molecule has 1 spiro atoms. The van der Waals surface area contributed by atoms with E-state index in [-0.39, 0.29) is 5.91 Å². The summed E-state index contributed by atoms with van der Waals surface area (Å²) in [4.78, 5) is 14.7. The van der Waals surface area contributed by atoms with Crippen molar-refractivity contribution in [2.45, 2.75) is 12.3 Å². The number of benzene rings is 2. The van der Waals surface area contributed by atoms with Crippen LogP contribution in [0.3, 0.4) is 0 Å². The van der Waals surface area contributed by atoms with Crippen molar-refractivity contribution in [3.05, 3.63) is 59.2 Å². The van der Waals surface area contributed by atoms with E-state index in [9.17, 15) is 4.79 Å². The third-order valence-corrected chi connectivity index (χ3v) is 4.43. The van der Waals surface area contributed by atoms with Crippen molar-refractivity contribution in [2.75, 3.05) is 18.6 Å². The van der Waals surface area contributed by atoms with Gasteiger partial charge in [0.05, 0.1) is 0 Å². The predicted octanol–water partition coefficient (Wildman–Crippen LogP) is 2.65. The second-order valence-electron chi connectivity index (χ2n) is 5.57. The Hall–Kier alpha value is -2.29. The maximum absolute atomic E-state index is 12.9. The maximum atomic E-state index is 12.9. The molecule has 3 nitrogen and oxygen atoms in total. The highest BCUT2D eigenvalue weighted by molar-refractivity contribution is 6.11. The molecule has 0 saturated heterocycles. The highest BCUT2D eigenvalue weighted by Crippen LogP contribution is 2.51. The van der Waals surface area contributed by atoms with Crippen LogP contribution in [0.5, 0.6) is 5.75 Å². The summed E-state index contributed by atoms with van der Waals surface area (Å²) in [5.41, 5.74) is 3.52. The van der Waals surface area contributed by atoms with E-state index in [2.05, 4.69) is 6.07 Å². The summed E-state index contributed by atoms with van der Waals surface area (Å²) in [5.74, 6) is 0.928. The van der Waals surface area contributed by atoms with E-state index in [1.54, 1.807) is 4.90 Å². The van der Waals surface area contributed by atoms with Gasteiger partial charge in [0.1, 0.15) is 17.8 Å². The van der Waals surface area contributed by atoms with Gasteiger partial charge in [-0.1, -0.05) is 35.9 Å². The van der Waals surface area contributed by atoms with Crippen LogP contribution in [-0.2, 0) is 10.2 Å². The number of carbonyl (C=O) groups is 1. The van der Waals surface area contributed by atoms with Crippen molar-refractivity contribution in [1.29, 1.82) is 0 Å². The molecule has 0 bridgehead atoms. The van der Waals surface area contributed by atoms with Crippen LogP contribution in [0.4, 0.5) is 5.69 Å². The molecule has 2 aromatic rings. The molecule has 2 heterocycles. The molecule has 3 heteroatoms. The Morgan fingerprint density at radius 2 is 1.95 bits per heavy atom. The summed E-state index contributed by atoms with van der Waals surface area (Å²) in [6.07, 6.45) is 0. The van der Waals surface area contributed by atoms with E-state index in [0.717, 1.165) is 28.1 Å². The summed E-state index contributed by atoms with van der Waals surface area (Å²) >= 11 is 0. The monoisotopic (exact) mass is 265 g/mol. The highest BCUT2D eigenvalue weighted by Gasteiger charge is 2.55. The van der Waals surface area contributed by atoms with Gasteiger partial charge in [0, 0.05) is 18.3 Å². The number of hydrogen-bond acceptors (Lipinski definition) is 2. The van der Waals surface area contributed by atoms with Gasteiger partial charge in [-0.3, -0.25) is 4.79 Å². The van der Waals surface area contributed by atoms with Crippen molar-refractivity contribution in [2.24, 2.45) is 0 Å². The number of carbonyl (C=O) groups excluding carboxylic acids is 1. The van der Waals surface area contributed by atoms with E-state index >= 15 is 0 Å². The average molecular weight is 265 g/mol. The fourth-order valence-electron chi connectivity index (χ4n) is 3.40. The summed E-state index contributed by atoms with van der Waals surface area (Å²) in [7, 11) is 1.84. The van der Waals surface area contributed by atoms with Crippen molar-refractivity contribution in [3.8, 4) is 5.75 Å². The van der Waals surface area contributed by atoms with Crippen LogP contribution in [-0.4, -0.2) is 19.6 Å². The Morgan fingerprint density at radius 1 is 1.15 bits per heavy atom. The lowest BCUT2D eigenvalue weighted by Gasteiger charge is -2.21. The normalized spacial score (nSPS) is 22.9. The van der Waals surface area contributed by atoms with Gasteiger partial charge < -0.3 is 9.64 Å². The van der Waals surface area contributed by atoms with E-state index in [1.807, 2.05) is 50.4 Å². The fraction of sp³-hybridized carbons (Fsp3) is 0.235. The molecule has 0 radical (unpaired) electrons. The van der Waals surface area contributed by atoms with Crippen LogP contribution in [0.1, 0.15) is 16.7 Å². The first-order valence-electron chi connectivity index (χ1n) is 6.76. The van der Waals surface area contributed by atoms with Crippen LogP contribution in [0, 0.1) is 6.92 Å². The molecule has 1 unspecified atom stereocenters. The number of ether oxygens (including phenoxy) is 1. The van der Waals surface area contributed by atoms with Gasteiger partial charge in [-0.15, -0.1) is 0 Å². The number of anilines is 1. The van der Waals surface area contributed by atoms with Crippen LogP contribution in [0.25, 0.3) is 0 Å². The molecule has 2 aliphatic rings. The van der Waals surface area contributed by atoms with E-state index < -0.39 is 5.41 Å². The van der Waals surface area contributed by atoms with Crippen LogP contribution < -0.4 is 9.64 Å². The van der Waals surface area contributed by atoms with Crippen LogP contribution >= 0.6 is 0 Å². The Morgan fingerprint density at radius 3 is 2.80 bits per heavy atom. The largest absolute Gasteiger partial charge is 0.491 e. The molecule has 2 aromatic carbocycles. The highest BCUT2D eigenvalue weighted by atomic mass is 16.5. The lowest BCUT2D eigenvalue weighted by Crippen LogP contribution is -2.41. The number of nitrogens with zero attached hydrogens (tertiary/aromatic N) is 1. The first-order chi connectivity index (χ1) is 9.64. The number of rotatable bonds is 0. The number of amides is 1. The standard InChI is InChI=1S/C17H15NO2/c1-11-7-8-15-13(9-11)17(10-20-15)12-5-3-4-6-14(12)18(2)16(17)19/h3-9H,10H2,1-2H3. The third-order valence-electron chi connectivity index (χ3n) is 4.43. The number of likely N-dealkylation sites (N-methyl/N-ethyl adjacent to an activating group) is 1. The number of fused-ring (bicyclic) bond motifs is 4. The molecule has 0 aromatic heterocycles. The van der Waals surface area contributed by atoms with Gasteiger partial charge in [0.2, 0.25) is 5.91 Å². The van der Waals surface area contributed by atoms with Crippen molar-refractivity contribution in [3.63, 3.8) is 0 Å². The summed E-state index contributed by atoms with van der Waals surface area (Å²) in [6.45, 7) is 2.44. The van der Waals surface area contributed by atoms with Crippen molar-refractivity contribution < 1.29 is 9.53 Å². The fourth-order valence-corrected chi connectivity index (χ4v) is 3.40. The van der Waals surface area contributed by atoms with Crippen molar-refractivity contribution >= 4 is 11.6 Å². The molecule has 2 aliphatic heterocycles. The van der Waals surface area contributed by atoms with E-state index in [1.165, 1.54) is 0 Å². The molecule has 1 atom stereocenters. The zero-order chi connectivity index (χ0) is 13.9. The molecular weight excluding hydrogens is 250 g/mol. The van der Waals surface area contributed by atoms with Gasteiger partial charge in [-0.05, 0) is 24.6 Å².